The van der Waals surface area contributed by atoms with Gasteiger partial charge in [-0.2, -0.15) is 0 Å². The van der Waals surface area contributed by atoms with E-state index < -0.39 is 11.4 Å². The van der Waals surface area contributed by atoms with Crippen molar-refractivity contribution in [2.45, 2.75) is 19.8 Å². The second-order valence-corrected chi connectivity index (χ2v) is 6.68. The summed E-state index contributed by atoms with van der Waals surface area (Å²) in [6, 6.07) is 7.78. The highest BCUT2D eigenvalue weighted by atomic mass is 79.9. The van der Waals surface area contributed by atoms with Gasteiger partial charge in [0.25, 0.3) is 0 Å². The highest BCUT2D eigenvalue weighted by Gasteiger charge is 2.16. The zero-order valence-corrected chi connectivity index (χ0v) is 14.0. The van der Waals surface area contributed by atoms with E-state index in [0.29, 0.717) is 18.8 Å². The van der Waals surface area contributed by atoms with Crippen molar-refractivity contribution in [2.75, 3.05) is 18.8 Å². The molecule has 0 saturated carbocycles. The maximum Gasteiger partial charge on any atom is 0.125 e. The zero-order valence-electron chi connectivity index (χ0n) is 11.6. The van der Waals surface area contributed by atoms with Crippen molar-refractivity contribution >= 4 is 27.3 Å². The van der Waals surface area contributed by atoms with Crippen LogP contribution in [0.25, 0.3) is 0 Å². The van der Waals surface area contributed by atoms with E-state index in [1.165, 1.54) is 0 Å². The molecule has 0 radical (unpaired) electrons. The van der Waals surface area contributed by atoms with Crippen LogP contribution in [0.15, 0.2) is 28.7 Å². The van der Waals surface area contributed by atoms with Gasteiger partial charge in [0.1, 0.15) is 18.8 Å². The quantitative estimate of drug-likeness (QED) is 0.581. The van der Waals surface area contributed by atoms with Gasteiger partial charge in [-0.25, -0.2) is 0 Å². The minimum atomic E-state index is -1.04. The molecule has 1 rings (SSSR count). The molecule has 0 fully saturated rings. The van der Waals surface area contributed by atoms with Gasteiger partial charge in [0.2, 0.25) is 0 Å². The Morgan fingerprint density at radius 3 is 2.85 bits per heavy atom. The Labute approximate surface area is 133 Å². The molecule has 20 heavy (non-hydrogen) atoms. The molecule has 4 heteroatoms. The SMILES string of the molecule is C#CCN(CC#Cc1cccc(Br)c1)[S@+]([O-])CCCC. The van der Waals surface area contributed by atoms with Crippen LogP contribution in [0, 0.1) is 24.2 Å². The van der Waals surface area contributed by atoms with E-state index in [0.717, 1.165) is 22.9 Å². The van der Waals surface area contributed by atoms with Gasteiger partial charge >= 0.3 is 0 Å². The van der Waals surface area contributed by atoms with E-state index in [1.807, 2.05) is 24.3 Å². The minimum absolute atomic E-state index is 0.365. The molecule has 0 spiro atoms. The van der Waals surface area contributed by atoms with Crippen LogP contribution in [0.2, 0.25) is 0 Å². The van der Waals surface area contributed by atoms with Gasteiger partial charge in [0.05, 0.1) is 0 Å². The topological polar surface area (TPSA) is 26.3 Å². The van der Waals surface area contributed by atoms with E-state index in [1.54, 1.807) is 4.31 Å². The summed E-state index contributed by atoms with van der Waals surface area (Å²) in [5.74, 6) is 9.29. The van der Waals surface area contributed by atoms with Gasteiger partial charge in [0.15, 0.2) is 0 Å². The minimum Gasteiger partial charge on any atom is -0.598 e. The Hall–Kier alpha value is -0.910. The number of rotatable bonds is 6. The van der Waals surface area contributed by atoms with E-state index in [9.17, 15) is 4.55 Å². The third kappa shape index (κ3) is 6.50. The van der Waals surface area contributed by atoms with Gasteiger partial charge in [-0.1, -0.05) is 53.1 Å². The second-order valence-electron chi connectivity index (χ2n) is 4.19. The first-order valence-electron chi connectivity index (χ1n) is 6.48. The van der Waals surface area contributed by atoms with E-state index in [-0.39, 0.29) is 0 Å². The number of hydrogen-bond acceptors (Lipinski definition) is 2. The normalized spacial score (nSPS) is 11.6. The fraction of sp³-hybridized carbons (Fsp3) is 0.375. The summed E-state index contributed by atoms with van der Waals surface area (Å²) < 4.78 is 14.8. The van der Waals surface area contributed by atoms with Gasteiger partial charge in [-0.3, -0.25) is 0 Å². The average molecular weight is 352 g/mol. The molecule has 0 unspecified atom stereocenters. The van der Waals surface area contributed by atoms with E-state index in [4.69, 9.17) is 6.42 Å². The monoisotopic (exact) mass is 351 g/mol. The van der Waals surface area contributed by atoms with Crippen molar-refractivity contribution < 1.29 is 4.55 Å². The van der Waals surface area contributed by atoms with Crippen LogP contribution >= 0.6 is 15.9 Å². The molecule has 0 saturated heterocycles. The van der Waals surface area contributed by atoms with Gasteiger partial charge in [0, 0.05) is 21.4 Å². The summed E-state index contributed by atoms with van der Waals surface area (Å²) in [4.78, 5) is 0. The van der Waals surface area contributed by atoms with Crippen LogP contribution in [0.5, 0.6) is 0 Å². The summed E-state index contributed by atoms with van der Waals surface area (Å²) in [7, 11) is 0. The molecule has 0 aliphatic rings. The Morgan fingerprint density at radius 2 is 2.20 bits per heavy atom. The highest BCUT2D eigenvalue weighted by molar-refractivity contribution is 9.10. The first-order valence-corrected chi connectivity index (χ1v) is 8.55. The maximum absolute atomic E-state index is 12.1. The molecule has 1 aromatic rings. The number of benzene rings is 1. The van der Waals surface area contributed by atoms with Crippen LogP contribution in [0.4, 0.5) is 0 Å². The molecule has 0 heterocycles. The first-order chi connectivity index (χ1) is 9.67. The molecule has 2 nitrogen and oxygen atoms in total. The van der Waals surface area contributed by atoms with Crippen LogP contribution < -0.4 is 0 Å². The van der Waals surface area contributed by atoms with Crippen LogP contribution in [-0.4, -0.2) is 27.7 Å². The van der Waals surface area contributed by atoms with Gasteiger partial charge in [-0.05, 0) is 24.6 Å². The summed E-state index contributed by atoms with van der Waals surface area (Å²) in [6.45, 7) is 2.87. The number of hydrogen-bond donors (Lipinski definition) is 0. The molecule has 0 aliphatic carbocycles. The lowest BCUT2D eigenvalue weighted by molar-refractivity contribution is 0.479. The lowest BCUT2D eigenvalue weighted by Gasteiger charge is -2.20. The summed E-state index contributed by atoms with van der Waals surface area (Å²) in [5, 5.41) is 0. The maximum atomic E-state index is 12.1. The molecule has 0 amide bonds. The molecule has 0 aromatic heterocycles. The van der Waals surface area contributed by atoms with Gasteiger partial charge < -0.3 is 4.55 Å². The Kier molecular flexibility index (Phi) is 8.49. The predicted molar refractivity (Wildman–Crippen MR) is 89.3 cm³/mol. The standard InChI is InChI=1S/C16H18BrNOS/c1-3-5-13-20(19)18(11-4-2)12-7-9-15-8-6-10-16(17)14-15/h2,6,8,10,14H,3,5,11-13H2,1H3/t20-/m1/s1. The molecule has 1 atom stereocenters. The molecule has 1 aromatic carbocycles. The van der Waals surface area contributed by atoms with Gasteiger partial charge in [-0.15, -0.1) is 10.7 Å². The van der Waals surface area contributed by atoms with E-state index in [2.05, 4.69) is 40.6 Å². The number of halogens is 1. The molecular formula is C16H18BrNOS. The van der Waals surface area contributed by atoms with Crippen molar-refractivity contribution in [3.63, 3.8) is 0 Å². The zero-order chi connectivity index (χ0) is 14.8. The fourth-order valence-corrected chi connectivity index (χ4v) is 3.11. The smallest absolute Gasteiger partial charge is 0.125 e. The summed E-state index contributed by atoms with van der Waals surface area (Å²) in [5.41, 5.74) is 0.930. The number of terminal acetylenes is 1. The van der Waals surface area contributed by atoms with E-state index >= 15 is 0 Å². The number of unbranched alkanes of at least 4 members (excludes halogenated alkanes) is 1. The third-order valence-corrected chi connectivity index (χ3v) is 4.51. The van der Waals surface area contributed by atoms with Crippen LogP contribution in [-0.2, 0) is 11.4 Å². The molecule has 0 bridgehead atoms. The molecule has 106 valence electrons. The van der Waals surface area contributed by atoms with Crippen molar-refractivity contribution in [3.05, 3.63) is 34.3 Å². The molecular weight excluding hydrogens is 334 g/mol. The Bertz CT molecular complexity index is 515. The van der Waals surface area contributed by atoms with Crippen LogP contribution in [0.3, 0.4) is 0 Å². The largest absolute Gasteiger partial charge is 0.598 e. The lowest BCUT2D eigenvalue weighted by Crippen LogP contribution is -2.33. The van der Waals surface area contributed by atoms with Crippen molar-refractivity contribution in [2.24, 2.45) is 0 Å². The lowest BCUT2D eigenvalue weighted by atomic mass is 10.2. The van der Waals surface area contributed by atoms with Crippen molar-refractivity contribution in [3.8, 4) is 24.2 Å². The Morgan fingerprint density at radius 1 is 1.40 bits per heavy atom. The predicted octanol–water partition coefficient (Wildman–Crippen LogP) is 3.20. The van der Waals surface area contributed by atoms with Crippen molar-refractivity contribution in [1.82, 2.24) is 4.31 Å². The summed E-state index contributed by atoms with van der Waals surface area (Å²) in [6.07, 6.45) is 7.28. The first kappa shape index (κ1) is 17.1. The average Bonchev–Trinajstić information content (AvgIpc) is 2.44. The Balaban J connectivity index is 2.61. The highest BCUT2D eigenvalue weighted by Crippen LogP contribution is 2.10. The molecule has 0 aliphatic heterocycles. The van der Waals surface area contributed by atoms with Crippen molar-refractivity contribution in [1.29, 1.82) is 0 Å². The third-order valence-electron chi connectivity index (χ3n) is 2.54. The second kappa shape index (κ2) is 9.91. The summed E-state index contributed by atoms with van der Waals surface area (Å²) >= 11 is 2.37. The van der Waals surface area contributed by atoms with Crippen LogP contribution in [0.1, 0.15) is 25.3 Å². The number of nitrogens with zero attached hydrogens (tertiary/aromatic N) is 1. The fourth-order valence-electron chi connectivity index (χ4n) is 1.49. The molecule has 0 N–H and O–H groups in total.